The molecule has 0 radical (unpaired) electrons. The van der Waals surface area contributed by atoms with Crippen LogP contribution in [-0.2, 0) is 4.74 Å². The van der Waals surface area contributed by atoms with Crippen molar-refractivity contribution in [2.24, 2.45) is 0 Å². The third-order valence-electron chi connectivity index (χ3n) is 4.14. The van der Waals surface area contributed by atoms with Gasteiger partial charge in [-0.25, -0.2) is 0 Å². The molecular formula is C18H16O6. The lowest BCUT2D eigenvalue weighted by atomic mass is 10.0. The Kier molecular flexibility index (Phi) is 3.54. The van der Waals surface area contributed by atoms with E-state index >= 15 is 0 Å². The van der Waals surface area contributed by atoms with E-state index in [1.54, 1.807) is 25.3 Å². The minimum Gasteiger partial charge on any atom is -0.493 e. The molecule has 24 heavy (non-hydrogen) atoms. The summed E-state index contributed by atoms with van der Waals surface area (Å²) in [6, 6.07) is 10.7. The van der Waals surface area contributed by atoms with Crippen LogP contribution in [0.5, 0.6) is 23.0 Å². The lowest BCUT2D eigenvalue weighted by molar-refractivity contribution is 0.0953. The molecule has 0 unspecified atom stereocenters. The average molecular weight is 328 g/mol. The molecule has 0 aromatic heterocycles. The Morgan fingerprint density at radius 1 is 1.00 bits per heavy atom. The number of epoxide rings is 1. The predicted octanol–water partition coefficient (Wildman–Crippen LogP) is 2.76. The van der Waals surface area contributed by atoms with Crippen LogP contribution in [0.1, 0.15) is 22.0 Å². The third-order valence-corrected chi connectivity index (χ3v) is 4.14. The van der Waals surface area contributed by atoms with Gasteiger partial charge in [-0.05, 0) is 35.9 Å². The monoisotopic (exact) mass is 328 g/mol. The van der Waals surface area contributed by atoms with E-state index in [-0.39, 0.29) is 18.7 Å². The van der Waals surface area contributed by atoms with Crippen LogP contribution in [0.4, 0.5) is 0 Å². The van der Waals surface area contributed by atoms with E-state index in [1.165, 1.54) is 7.11 Å². The van der Waals surface area contributed by atoms with Crippen molar-refractivity contribution in [1.82, 2.24) is 0 Å². The predicted molar refractivity (Wildman–Crippen MR) is 84.1 cm³/mol. The maximum Gasteiger partial charge on any atom is 0.231 e. The Morgan fingerprint density at radius 2 is 1.79 bits per heavy atom. The Hall–Kier alpha value is -2.73. The van der Waals surface area contributed by atoms with Crippen molar-refractivity contribution in [3.8, 4) is 23.0 Å². The summed E-state index contributed by atoms with van der Waals surface area (Å²) in [6.45, 7) is 0.221. The first-order valence-electron chi connectivity index (χ1n) is 7.52. The van der Waals surface area contributed by atoms with Crippen LogP contribution in [0.3, 0.4) is 0 Å². The van der Waals surface area contributed by atoms with Gasteiger partial charge in [0.1, 0.15) is 6.10 Å². The Balaban J connectivity index is 1.53. The lowest BCUT2D eigenvalue weighted by Crippen LogP contribution is -2.08. The number of hydrogen-bond donors (Lipinski definition) is 0. The zero-order chi connectivity index (χ0) is 16.7. The number of hydrogen-bond acceptors (Lipinski definition) is 6. The number of Topliss-reactive ketones (excluding diaryl/α,β-unsaturated/α-hetero) is 1. The van der Waals surface area contributed by atoms with Gasteiger partial charge in [0.2, 0.25) is 6.79 Å². The van der Waals surface area contributed by atoms with Gasteiger partial charge in [-0.3, -0.25) is 4.79 Å². The van der Waals surface area contributed by atoms with E-state index < -0.39 is 6.10 Å². The summed E-state index contributed by atoms with van der Waals surface area (Å²) < 4.78 is 26.7. The molecule has 6 nitrogen and oxygen atoms in total. The molecule has 124 valence electrons. The van der Waals surface area contributed by atoms with Crippen molar-refractivity contribution < 1.29 is 28.5 Å². The second-order valence-corrected chi connectivity index (χ2v) is 5.52. The van der Waals surface area contributed by atoms with Gasteiger partial charge in [-0.15, -0.1) is 0 Å². The third kappa shape index (κ3) is 2.45. The Bertz CT molecular complexity index is 800. The van der Waals surface area contributed by atoms with Crippen LogP contribution in [0.2, 0.25) is 0 Å². The standard InChI is InChI=1S/C18H16O6/c1-20-12-5-3-10(7-14(12)21-2)16(19)18-17(24-18)11-4-6-13-15(8-11)23-9-22-13/h3-8,17-18H,9H2,1-2H3/t17-,18-/m0/s1. The molecule has 2 aliphatic heterocycles. The van der Waals surface area contributed by atoms with Gasteiger partial charge < -0.3 is 23.7 Å². The summed E-state index contributed by atoms with van der Waals surface area (Å²) in [4.78, 5) is 12.6. The van der Waals surface area contributed by atoms with Gasteiger partial charge in [0.25, 0.3) is 0 Å². The molecular weight excluding hydrogens is 312 g/mol. The van der Waals surface area contributed by atoms with Crippen molar-refractivity contribution in [3.63, 3.8) is 0 Å². The van der Waals surface area contributed by atoms with Gasteiger partial charge in [-0.2, -0.15) is 0 Å². The van der Waals surface area contributed by atoms with Gasteiger partial charge in [0, 0.05) is 5.56 Å². The molecule has 0 amide bonds. The zero-order valence-corrected chi connectivity index (χ0v) is 13.3. The summed E-state index contributed by atoms with van der Waals surface area (Å²) in [7, 11) is 3.09. The summed E-state index contributed by atoms with van der Waals surface area (Å²) in [5.41, 5.74) is 1.43. The lowest BCUT2D eigenvalue weighted by Gasteiger charge is -2.08. The number of methoxy groups -OCH3 is 2. The molecule has 1 fully saturated rings. The first-order valence-corrected chi connectivity index (χ1v) is 7.52. The van der Waals surface area contributed by atoms with Crippen LogP contribution in [0.25, 0.3) is 0 Å². The van der Waals surface area contributed by atoms with E-state index in [0.717, 1.165) is 5.56 Å². The van der Waals surface area contributed by atoms with Gasteiger partial charge in [0.05, 0.1) is 14.2 Å². The second-order valence-electron chi connectivity index (χ2n) is 5.52. The molecule has 0 saturated carbocycles. The van der Waals surface area contributed by atoms with Crippen LogP contribution < -0.4 is 18.9 Å². The Labute approximate surface area is 138 Å². The largest absolute Gasteiger partial charge is 0.493 e. The maximum absolute atomic E-state index is 12.6. The fourth-order valence-electron chi connectivity index (χ4n) is 2.81. The van der Waals surface area contributed by atoms with E-state index in [4.69, 9.17) is 23.7 Å². The average Bonchev–Trinajstić information content (AvgIpc) is 3.29. The number of carbonyl (C=O) groups excluding carboxylic acids is 1. The Morgan fingerprint density at radius 3 is 2.58 bits per heavy atom. The molecule has 2 aromatic carbocycles. The minimum atomic E-state index is -0.497. The molecule has 2 atom stereocenters. The zero-order valence-electron chi connectivity index (χ0n) is 13.3. The molecule has 2 aliphatic rings. The molecule has 0 aliphatic carbocycles. The summed E-state index contributed by atoms with van der Waals surface area (Å²) in [6.07, 6.45) is -0.761. The normalized spacial score (nSPS) is 20.6. The van der Waals surface area contributed by atoms with E-state index in [9.17, 15) is 4.79 Å². The smallest absolute Gasteiger partial charge is 0.231 e. The van der Waals surface area contributed by atoms with Gasteiger partial charge in [0.15, 0.2) is 34.9 Å². The molecule has 6 heteroatoms. The van der Waals surface area contributed by atoms with E-state index in [0.29, 0.717) is 28.6 Å². The fourth-order valence-corrected chi connectivity index (χ4v) is 2.81. The number of carbonyl (C=O) groups is 1. The molecule has 1 saturated heterocycles. The number of fused-ring (bicyclic) bond motifs is 1. The van der Waals surface area contributed by atoms with E-state index in [2.05, 4.69) is 0 Å². The quantitative estimate of drug-likeness (QED) is 0.621. The highest BCUT2D eigenvalue weighted by Gasteiger charge is 2.46. The number of rotatable bonds is 5. The number of ketones is 1. The van der Waals surface area contributed by atoms with Crippen molar-refractivity contribution in [2.45, 2.75) is 12.2 Å². The van der Waals surface area contributed by atoms with Gasteiger partial charge in [-0.1, -0.05) is 6.07 Å². The fraction of sp³-hybridized carbons (Fsp3) is 0.278. The highest BCUT2D eigenvalue weighted by molar-refractivity contribution is 6.02. The SMILES string of the molecule is COc1ccc(C(=O)[C@@H]2O[C@H]2c2ccc3c(c2)OCO3)cc1OC. The molecule has 2 heterocycles. The van der Waals surface area contributed by atoms with Crippen molar-refractivity contribution in [2.75, 3.05) is 21.0 Å². The number of benzene rings is 2. The highest BCUT2D eigenvalue weighted by Crippen LogP contribution is 2.44. The summed E-state index contributed by atoms with van der Waals surface area (Å²) in [5, 5.41) is 0. The molecule has 2 aromatic rings. The summed E-state index contributed by atoms with van der Waals surface area (Å²) in [5.74, 6) is 2.41. The maximum atomic E-state index is 12.6. The van der Waals surface area contributed by atoms with Crippen LogP contribution in [-0.4, -0.2) is 32.9 Å². The second kappa shape index (κ2) is 5.72. The first-order chi connectivity index (χ1) is 11.7. The molecule has 0 spiro atoms. The van der Waals surface area contributed by atoms with E-state index in [1.807, 2.05) is 18.2 Å². The molecule has 4 rings (SSSR count). The van der Waals surface area contributed by atoms with Crippen LogP contribution in [0, 0.1) is 0 Å². The molecule has 0 N–H and O–H groups in total. The van der Waals surface area contributed by atoms with Crippen molar-refractivity contribution in [1.29, 1.82) is 0 Å². The van der Waals surface area contributed by atoms with Crippen molar-refractivity contribution >= 4 is 5.78 Å². The topological polar surface area (TPSA) is 66.5 Å². The summed E-state index contributed by atoms with van der Waals surface area (Å²) >= 11 is 0. The first kappa shape index (κ1) is 14.8. The van der Waals surface area contributed by atoms with Crippen molar-refractivity contribution in [3.05, 3.63) is 47.5 Å². The highest BCUT2D eigenvalue weighted by atomic mass is 16.7. The van der Waals surface area contributed by atoms with Crippen LogP contribution >= 0.6 is 0 Å². The van der Waals surface area contributed by atoms with Gasteiger partial charge >= 0.3 is 0 Å². The molecule has 0 bridgehead atoms. The number of ether oxygens (including phenoxy) is 5. The minimum absolute atomic E-state index is 0.0846. The van der Waals surface area contributed by atoms with Crippen LogP contribution in [0.15, 0.2) is 36.4 Å².